The molecule has 0 amide bonds. The highest BCUT2D eigenvalue weighted by molar-refractivity contribution is 6.01. The number of benzene rings is 2. The summed E-state index contributed by atoms with van der Waals surface area (Å²) in [6.45, 7) is 3.88. The molecule has 3 rings (SSSR count). The Morgan fingerprint density at radius 1 is 1.18 bits per heavy atom. The Bertz CT molecular complexity index is 894. The molecular weight excluding hydrogens is 278 g/mol. The number of aromatic amines is 1. The van der Waals surface area contributed by atoms with Crippen LogP contribution in [0.2, 0.25) is 0 Å². The average Bonchev–Trinajstić information content (AvgIpc) is 2.81. The molecule has 1 heterocycles. The molecule has 5 nitrogen and oxygen atoms in total. The molecule has 0 fully saturated rings. The van der Waals surface area contributed by atoms with Crippen molar-refractivity contribution < 1.29 is 4.92 Å². The van der Waals surface area contributed by atoms with Gasteiger partial charge in [-0.3, -0.25) is 15.1 Å². The first-order valence-corrected chi connectivity index (χ1v) is 6.92. The fourth-order valence-corrected chi connectivity index (χ4v) is 2.45. The third-order valence-corrected chi connectivity index (χ3v) is 3.68. The molecule has 0 bridgehead atoms. The van der Waals surface area contributed by atoms with Gasteiger partial charge in [0.2, 0.25) is 0 Å². The van der Waals surface area contributed by atoms with Gasteiger partial charge in [-0.25, -0.2) is 0 Å². The quantitative estimate of drug-likeness (QED) is 0.440. The monoisotopic (exact) mass is 293 g/mol. The van der Waals surface area contributed by atoms with Crippen LogP contribution in [0, 0.1) is 24.0 Å². The van der Waals surface area contributed by atoms with E-state index in [1.165, 1.54) is 12.1 Å². The molecule has 110 valence electrons. The van der Waals surface area contributed by atoms with E-state index in [0.29, 0.717) is 5.69 Å². The molecule has 0 aliphatic rings. The van der Waals surface area contributed by atoms with Gasteiger partial charge in [0.15, 0.2) is 0 Å². The predicted molar refractivity (Wildman–Crippen MR) is 88.1 cm³/mol. The maximum atomic E-state index is 10.9. The zero-order chi connectivity index (χ0) is 15.7. The van der Waals surface area contributed by atoms with E-state index in [1.54, 1.807) is 12.3 Å². The number of nitrogens with zero attached hydrogens (tertiary/aromatic N) is 2. The summed E-state index contributed by atoms with van der Waals surface area (Å²) in [4.78, 5) is 18.2. The van der Waals surface area contributed by atoms with Crippen molar-refractivity contribution in [3.8, 4) is 0 Å². The normalized spacial score (nSPS) is 11.4. The van der Waals surface area contributed by atoms with E-state index >= 15 is 0 Å². The molecule has 5 heteroatoms. The van der Waals surface area contributed by atoms with Crippen LogP contribution in [0.15, 0.2) is 47.5 Å². The van der Waals surface area contributed by atoms with Crippen LogP contribution >= 0.6 is 0 Å². The van der Waals surface area contributed by atoms with Crippen LogP contribution in [-0.4, -0.2) is 16.1 Å². The second-order valence-corrected chi connectivity index (χ2v) is 5.20. The third kappa shape index (κ3) is 2.48. The lowest BCUT2D eigenvalue weighted by Gasteiger charge is -2.00. The standard InChI is InChI=1S/C17H15N3O2/c1-11-7-8-13(20(21)22)9-17(11)18-10-15-12(2)19-16-6-4-3-5-14(15)16/h3-10,19H,1-2H3. The van der Waals surface area contributed by atoms with Crippen molar-refractivity contribution in [2.24, 2.45) is 4.99 Å². The van der Waals surface area contributed by atoms with Crippen molar-refractivity contribution in [3.05, 3.63) is 69.4 Å². The summed E-state index contributed by atoms with van der Waals surface area (Å²) in [7, 11) is 0. The van der Waals surface area contributed by atoms with Crippen molar-refractivity contribution in [1.29, 1.82) is 0 Å². The maximum Gasteiger partial charge on any atom is 0.271 e. The van der Waals surface area contributed by atoms with Gasteiger partial charge in [0.05, 0.1) is 10.6 Å². The van der Waals surface area contributed by atoms with Crippen molar-refractivity contribution >= 4 is 28.5 Å². The number of nitro groups is 1. The average molecular weight is 293 g/mol. The first-order valence-electron chi connectivity index (χ1n) is 6.92. The lowest BCUT2D eigenvalue weighted by molar-refractivity contribution is -0.384. The summed E-state index contributed by atoms with van der Waals surface area (Å²) in [6.07, 6.45) is 1.76. The molecule has 2 aromatic carbocycles. The van der Waals surface area contributed by atoms with Crippen LogP contribution in [0.1, 0.15) is 16.8 Å². The third-order valence-electron chi connectivity index (χ3n) is 3.68. The summed E-state index contributed by atoms with van der Waals surface area (Å²) in [5.74, 6) is 0. The Hall–Kier alpha value is -2.95. The minimum atomic E-state index is -0.407. The van der Waals surface area contributed by atoms with E-state index in [4.69, 9.17) is 0 Å². The lowest BCUT2D eigenvalue weighted by Crippen LogP contribution is -1.88. The Labute approximate surface area is 127 Å². The number of nitrogens with one attached hydrogen (secondary N) is 1. The van der Waals surface area contributed by atoms with E-state index in [2.05, 4.69) is 9.98 Å². The van der Waals surface area contributed by atoms with Crippen LogP contribution < -0.4 is 0 Å². The van der Waals surface area contributed by atoms with E-state index in [1.807, 2.05) is 38.1 Å². The van der Waals surface area contributed by atoms with Crippen molar-refractivity contribution in [3.63, 3.8) is 0 Å². The molecule has 3 aromatic rings. The van der Waals surface area contributed by atoms with E-state index in [0.717, 1.165) is 27.7 Å². The summed E-state index contributed by atoms with van der Waals surface area (Å²) >= 11 is 0. The molecule has 0 spiro atoms. The molecule has 0 atom stereocenters. The Kier molecular flexibility index (Phi) is 3.47. The predicted octanol–water partition coefficient (Wildman–Crippen LogP) is 4.44. The van der Waals surface area contributed by atoms with Gasteiger partial charge in [-0.1, -0.05) is 24.3 Å². The lowest BCUT2D eigenvalue weighted by atomic mass is 10.1. The molecular formula is C17H15N3O2. The number of fused-ring (bicyclic) bond motifs is 1. The van der Waals surface area contributed by atoms with Crippen LogP contribution in [0.5, 0.6) is 0 Å². The van der Waals surface area contributed by atoms with Gasteiger partial charge >= 0.3 is 0 Å². The molecule has 0 radical (unpaired) electrons. The van der Waals surface area contributed by atoms with Gasteiger partial charge in [0.25, 0.3) is 5.69 Å². The number of hydrogen-bond donors (Lipinski definition) is 1. The SMILES string of the molecule is Cc1ccc([N+](=O)[O-])cc1N=Cc1c(C)[nH]c2ccccc12. The number of aryl methyl sites for hydroxylation is 2. The number of aliphatic imine (C=N–C) groups is 1. The highest BCUT2D eigenvalue weighted by atomic mass is 16.6. The molecule has 0 saturated heterocycles. The van der Waals surface area contributed by atoms with E-state index in [9.17, 15) is 10.1 Å². The zero-order valence-electron chi connectivity index (χ0n) is 12.3. The van der Waals surface area contributed by atoms with Gasteiger partial charge in [-0.05, 0) is 25.5 Å². The molecule has 1 N–H and O–H groups in total. The summed E-state index contributed by atoms with van der Waals surface area (Å²) in [6, 6.07) is 12.7. The minimum Gasteiger partial charge on any atom is -0.358 e. The molecule has 0 saturated carbocycles. The number of hydrogen-bond acceptors (Lipinski definition) is 3. The first-order chi connectivity index (χ1) is 10.6. The molecule has 0 aliphatic carbocycles. The first kappa shape index (κ1) is 14.0. The number of H-pyrrole nitrogens is 1. The highest BCUT2D eigenvalue weighted by Crippen LogP contribution is 2.26. The largest absolute Gasteiger partial charge is 0.358 e. The second kappa shape index (κ2) is 5.44. The van der Waals surface area contributed by atoms with Crippen molar-refractivity contribution in [1.82, 2.24) is 4.98 Å². The molecule has 0 aliphatic heterocycles. The fourth-order valence-electron chi connectivity index (χ4n) is 2.45. The van der Waals surface area contributed by atoms with Gasteiger partial charge in [0, 0.05) is 40.5 Å². The Morgan fingerprint density at radius 3 is 2.73 bits per heavy atom. The number of non-ortho nitro benzene ring substituents is 1. The highest BCUT2D eigenvalue weighted by Gasteiger charge is 2.09. The topological polar surface area (TPSA) is 71.3 Å². The number of rotatable bonds is 3. The number of para-hydroxylation sites is 1. The summed E-state index contributed by atoms with van der Waals surface area (Å²) in [5, 5.41) is 12.0. The van der Waals surface area contributed by atoms with E-state index < -0.39 is 4.92 Å². The van der Waals surface area contributed by atoms with E-state index in [-0.39, 0.29) is 5.69 Å². The Morgan fingerprint density at radius 2 is 1.95 bits per heavy atom. The van der Waals surface area contributed by atoms with Crippen LogP contribution in [0.4, 0.5) is 11.4 Å². The summed E-state index contributed by atoms with van der Waals surface area (Å²) < 4.78 is 0. The van der Waals surface area contributed by atoms with Crippen LogP contribution in [-0.2, 0) is 0 Å². The molecule has 0 unspecified atom stereocenters. The Balaban J connectivity index is 2.05. The fraction of sp³-hybridized carbons (Fsp3) is 0.118. The van der Waals surface area contributed by atoms with Crippen molar-refractivity contribution in [2.45, 2.75) is 13.8 Å². The van der Waals surface area contributed by atoms with Crippen LogP contribution in [0.25, 0.3) is 10.9 Å². The van der Waals surface area contributed by atoms with Crippen molar-refractivity contribution in [2.75, 3.05) is 0 Å². The molecule has 22 heavy (non-hydrogen) atoms. The minimum absolute atomic E-state index is 0.0494. The van der Waals surface area contributed by atoms with Gasteiger partial charge in [0.1, 0.15) is 0 Å². The van der Waals surface area contributed by atoms with Crippen LogP contribution in [0.3, 0.4) is 0 Å². The smallest absolute Gasteiger partial charge is 0.271 e. The summed E-state index contributed by atoms with van der Waals surface area (Å²) in [5.41, 5.74) is 4.64. The zero-order valence-corrected chi connectivity index (χ0v) is 12.3. The van der Waals surface area contributed by atoms with Gasteiger partial charge in [-0.2, -0.15) is 0 Å². The number of aromatic nitrogens is 1. The maximum absolute atomic E-state index is 10.9. The second-order valence-electron chi connectivity index (χ2n) is 5.20. The molecule has 1 aromatic heterocycles. The van der Waals surface area contributed by atoms with Gasteiger partial charge in [-0.15, -0.1) is 0 Å². The van der Waals surface area contributed by atoms with Gasteiger partial charge < -0.3 is 4.98 Å². The number of nitro benzene ring substituents is 1.